The first-order chi connectivity index (χ1) is 13.0. The van der Waals surface area contributed by atoms with Crippen LogP contribution in [0.2, 0.25) is 5.02 Å². The van der Waals surface area contributed by atoms with E-state index in [4.69, 9.17) is 11.6 Å². The van der Waals surface area contributed by atoms with Crippen molar-refractivity contribution in [3.63, 3.8) is 0 Å². The number of piperazine rings is 1. The maximum Gasteiger partial charge on any atom is 0.257 e. The molecule has 140 valence electrons. The van der Waals surface area contributed by atoms with Crippen molar-refractivity contribution in [2.75, 3.05) is 31.5 Å². The van der Waals surface area contributed by atoms with E-state index in [1.807, 2.05) is 0 Å². The van der Waals surface area contributed by atoms with Crippen molar-refractivity contribution in [3.8, 4) is 0 Å². The third-order valence-corrected chi connectivity index (χ3v) is 4.47. The van der Waals surface area contributed by atoms with Crippen LogP contribution in [0.3, 0.4) is 0 Å². The van der Waals surface area contributed by atoms with Gasteiger partial charge in [0.15, 0.2) is 0 Å². The molecule has 0 aliphatic carbocycles. The summed E-state index contributed by atoms with van der Waals surface area (Å²) < 4.78 is 13.2. The zero-order valence-corrected chi connectivity index (χ0v) is 14.9. The van der Waals surface area contributed by atoms with E-state index in [2.05, 4.69) is 10.3 Å². The van der Waals surface area contributed by atoms with Gasteiger partial charge in [-0.1, -0.05) is 11.6 Å². The Bertz CT molecular complexity index is 885. The molecule has 3 rings (SSSR count). The molecule has 1 aliphatic heterocycles. The van der Waals surface area contributed by atoms with E-state index in [0.29, 0.717) is 31.9 Å². The highest BCUT2D eigenvalue weighted by Crippen LogP contribution is 2.20. The van der Waals surface area contributed by atoms with E-state index in [1.165, 1.54) is 30.6 Å². The van der Waals surface area contributed by atoms with Gasteiger partial charge in [0, 0.05) is 44.3 Å². The third kappa shape index (κ3) is 4.40. The molecule has 1 fully saturated rings. The summed E-state index contributed by atoms with van der Waals surface area (Å²) in [7, 11) is 0. The van der Waals surface area contributed by atoms with Crippen molar-refractivity contribution >= 4 is 35.5 Å². The summed E-state index contributed by atoms with van der Waals surface area (Å²) in [6.45, 7) is 1.77. The summed E-state index contributed by atoms with van der Waals surface area (Å²) in [6, 6.07) is 5.27. The van der Waals surface area contributed by atoms with E-state index in [9.17, 15) is 18.8 Å². The van der Waals surface area contributed by atoms with Gasteiger partial charge in [0.1, 0.15) is 5.82 Å². The first-order valence-electron chi connectivity index (χ1n) is 8.18. The highest BCUT2D eigenvalue weighted by molar-refractivity contribution is 6.31. The number of carbonyl (C=O) groups excluding carboxylic acids is 3. The van der Waals surface area contributed by atoms with Gasteiger partial charge in [-0.3, -0.25) is 19.4 Å². The van der Waals surface area contributed by atoms with Crippen molar-refractivity contribution in [1.82, 2.24) is 14.8 Å². The third-order valence-electron chi connectivity index (χ3n) is 4.18. The van der Waals surface area contributed by atoms with Crippen LogP contribution in [0.1, 0.15) is 20.7 Å². The number of hydrogen-bond donors (Lipinski definition) is 1. The molecule has 0 bridgehead atoms. The molecule has 0 radical (unpaired) electrons. The van der Waals surface area contributed by atoms with Gasteiger partial charge in [-0.25, -0.2) is 4.39 Å². The molecule has 0 saturated carbocycles. The highest BCUT2D eigenvalue weighted by atomic mass is 35.5. The Kier molecular flexibility index (Phi) is 5.66. The molecule has 1 N–H and O–H groups in total. The van der Waals surface area contributed by atoms with E-state index < -0.39 is 11.7 Å². The van der Waals surface area contributed by atoms with E-state index in [0.717, 1.165) is 12.5 Å². The second-order valence-electron chi connectivity index (χ2n) is 5.98. The normalized spacial score (nSPS) is 14.0. The quantitative estimate of drug-likeness (QED) is 0.810. The number of nitrogens with one attached hydrogen (secondary N) is 1. The topological polar surface area (TPSA) is 82.6 Å². The highest BCUT2D eigenvalue weighted by Gasteiger charge is 2.22. The van der Waals surface area contributed by atoms with Crippen LogP contribution in [0.4, 0.5) is 10.1 Å². The maximum atomic E-state index is 13.2. The van der Waals surface area contributed by atoms with Gasteiger partial charge in [-0.2, -0.15) is 0 Å². The zero-order valence-electron chi connectivity index (χ0n) is 14.2. The van der Waals surface area contributed by atoms with E-state index >= 15 is 0 Å². The molecule has 0 atom stereocenters. The number of benzene rings is 1. The maximum absolute atomic E-state index is 13.2. The van der Waals surface area contributed by atoms with Crippen molar-refractivity contribution in [3.05, 3.63) is 58.6 Å². The van der Waals surface area contributed by atoms with Gasteiger partial charge >= 0.3 is 0 Å². The average Bonchev–Trinajstić information content (AvgIpc) is 2.70. The van der Waals surface area contributed by atoms with Crippen LogP contribution in [0.15, 0.2) is 36.7 Å². The monoisotopic (exact) mass is 390 g/mol. The van der Waals surface area contributed by atoms with Crippen molar-refractivity contribution in [1.29, 1.82) is 0 Å². The van der Waals surface area contributed by atoms with Crippen LogP contribution < -0.4 is 5.32 Å². The van der Waals surface area contributed by atoms with E-state index in [1.54, 1.807) is 9.80 Å². The molecular formula is C18H16ClFN4O3. The molecule has 0 unspecified atom stereocenters. The van der Waals surface area contributed by atoms with Crippen LogP contribution in [-0.2, 0) is 4.79 Å². The zero-order chi connectivity index (χ0) is 19.4. The minimum absolute atomic E-state index is 0.107. The number of amides is 3. The van der Waals surface area contributed by atoms with Gasteiger partial charge in [0.25, 0.3) is 11.8 Å². The van der Waals surface area contributed by atoms with Gasteiger partial charge in [0.05, 0.1) is 16.1 Å². The summed E-state index contributed by atoms with van der Waals surface area (Å²) in [5.41, 5.74) is 0.792. The summed E-state index contributed by atoms with van der Waals surface area (Å²) >= 11 is 5.70. The van der Waals surface area contributed by atoms with Crippen molar-refractivity contribution < 1.29 is 18.8 Å². The SMILES string of the molecule is O=CN1CCN(C(=O)c2cncc(C(=O)Nc3ccc(F)c(Cl)c3)c2)CC1. The number of hydrogen-bond acceptors (Lipinski definition) is 4. The molecule has 0 spiro atoms. The van der Waals surface area contributed by atoms with Crippen LogP contribution in [0.5, 0.6) is 0 Å². The summed E-state index contributed by atoms with van der Waals surface area (Å²) in [5.74, 6) is -1.34. The number of anilines is 1. The van der Waals surface area contributed by atoms with Crippen molar-refractivity contribution in [2.45, 2.75) is 0 Å². The number of rotatable bonds is 4. The molecule has 1 aromatic carbocycles. The Morgan fingerprint density at radius 1 is 1.11 bits per heavy atom. The Hall–Kier alpha value is -3.00. The molecule has 3 amide bonds. The lowest BCUT2D eigenvalue weighted by Crippen LogP contribution is -2.48. The van der Waals surface area contributed by atoms with Gasteiger partial charge in [-0.05, 0) is 24.3 Å². The second-order valence-corrected chi connectivity index (χ2v) is 6.39. The minimum Gasteiger partial charge on any atom is -0.342 e. The van der Waals surface area contributed by atoms with Gasteiger partial charge in [-0.15, -0.1) is 0 Å². The Morgan fingerprint density at radius 2 is 1.81 bits per heavy atom. The predicted molar refractivity (Wildman–Crippen MR) is 97.1 cm³/mol. The first-order valence-corrected chi connectivity index (χ1v) is 8.56. The summed E-state index contributed by atoms with van der Waals surface area (Å²) in [6.07, 6.45) is 3.48. The fourth-order valence-electron chi connectivity index (χ4n) is 2.67. The molecule has 1 aliphatic rings. The molecule has 1 saturated heterocycles. The minimum atomic E-state index is -0.585. The molecule has 27 heavy (non-hydrogen) atoms. The Morgan fingerprint density at radius 3 is 2.48 bits per heavy atom. The number of halogens is 2. The van der Waals surface area contributed by atoms with Gasteiger partial charge in [0.2, 0.25) is 6.41 Å². The summed E-state index contributed by atoms with van der Waals surface area (Å²) in [4.78, 5) is 42.9. The fourth-order valence-corrected chi connectivity index (χ4v) is 2.85. The smallest absolute Gasteiger partial charge is 0.257 e. The molecule has 1 aromatic heterocycles. The standard InChI is InChI=1S/C18H16ClFN4O3/c19-15-8-14(1-2-16(15)20)22-17(26)12-7-13(10-21-9-12)18(27)24-5-3-23(11-25)4-6-24/h1-2,7-11H,3-6H2,(H,22,26). The molecular weight excluding hydrogens is 375 g/mol. The lowest BCUT2D eigenvalue weighted by molar-refractivity contribution is -0.119. The summed E-state index contributed by atoms with van der Waals surface area (Å²) in [5, 5.41) is 2.48. The van der Waals surface area contributed by atoms with Crippen LogP contribution >= 0.6 is 11.6 Å². The molecule has 2 heterocycles. The number of aromatic nitrogens is 1. The molecule has 2 aromatic rings. The Labute approximate surface area is 159 Å². The lowest BCUT2D eigenvalue weighted by Gasteiger charge is -2.32. The van der Waals surface area contributed by atoms with Crippen LogP contribution in [0.25, 0.3) is 0 Å². The Balaban J connectivity index is 1.71. The van der Waals surface area contributed by atoms with Crippen molar-refractivity contribution in [2.24, 2.45) is 0 Å². The van der Waals surface area contributed by atoms with E-state index in [-0.39, 0.29) is 22.1 Å². The first kappa shape index (κ1) is 18.8. The fraction of sp³-hybridized carbons (Fsp3) is 0.222. The van der Waals surface area contributed by atoms with Gasteiger partial charge < -0.3 is 15.1 Å². The lowest BCUT2D eigenvalue weighted by atomic mass is 10.1. The number of carbonyl (C=O) groups is 3. The predicted octanol–water partition coefficient (Wildman–Crippen LogP) is 2.04. The number of pyridine rings is 1. The van der Waals surface area contributed by atoms with Crippen LogP contribution in [0, 0.1) is 5.82 Å². The average molecular weight is 391 g/mol. The molecule has 9 heteroatoms. The number of nitrogens with zero attached hydrogens (tertiary/aromatic N) is 3. The largest absolute Gasteiger partial charge is 0.342 e. The van der Waals surface area contributed by atoms with Crippen LogP contribution in [-0.4, -0.2) is 59.2 Å². The second kappa shape index (κ2) is 8.13. The molecule has 7 nitrogen and oxygen atoms in total.